The predicted octanol–water partition coefficient (Wildman–Crippen LogP) is 2.52. The summed E-state index contributed by atoms with van der Waals surface area (Å²) in [5, 5.41) is 13.9. The molecule has 1 fully saturated rings. The highest BCUT2D eigenvalue weighted by atomic mass is 32.1. The summed E-state index contributed by atoms with van der Waals surface area (Å²) >= 11 is 1.52. The van der Waals surface area contributed by atoms with Crippen molar-refractivity contribution in [2.75, 3.05) is 13.2 Å². The largest absolute Gasteiger partial charge is 0.464 e. The zero-order chi connectivity index (χ0) is 19.6. The number of nitrogens with zero attached hydrogens (tertiary/aromatic N) is 5. The molecule has 0 unspecified atom stereocenters. The second-order valence-electron chi connectivity index (χ2n) is 7.21. The summed E-state index contributed by atoms with van der Waals surface area (Å²) < 4.78 is 12.3. The lowest BCUT2D eigenvalue weighted by Gasteiger charge is -2.27. The quantitative estimate of drug-likeness (QED) is 0.736. The van der Waals surface area contributed by atoms with E-state index in [0.717, 1.165) is 4.88 Å². The molecule has 3 heterocycles. The van der Waals surface area contributed by atoms with E-state index in [0.29, 0.717) is 12.2 Å². The van der Waals surface area contributed by atoms with E-state index in [1.54, 1.807) is 32.4 Å². The number of amides is 1. The third-order valence-electron chi connectivity index (χ3n) is 4.05. The molecule has 10 heteroatoms. The Balaban J connectivity index is 1.86. The number of aromatic nitrogens is 4. The molecule has 0 radical (unpaired) electrons. The summed E-state index contributed by atoms with van der Waals surface area (Å²) in [4.78, 5) is 27.4. The first-order chi connectivity index (χ1) is 12.8. The van der Waals surface area contributed by atoms with E-state index >= 15 is 0 Å². The number of thiophene rings is 1. The SMILES string of the molecule is CCOC(=O)[C@H]1C[C@H](n2nnnc2-c2cccs2)CN1C(=O)OC(C)(C)C. The molecule has 1 aliphatic heterocycles. The number of likely N-dealkylation sites (tertiary alicyclic amines) is 1. The Kier molecular flexibility index (Phi) is 5.45. The fourth-order valence-electron chi connectivity index (χ4n) is 2.98. The summed E-state index contributed by atoms with van der Waals surface area (Å²) in [6, 6.07) is 2.86. The van der Waals surface area contributed by atoms with Gasteiger partial charge in [0, 0.05) is 13.0 Å². The van der Waals surface area contributed by atoms with Gasteiger partial charge in [-0.25, -0.2) is 14.3 Å². The number of carbonyl (C=O) groups excluding carboxylic acids is 2. The molecule has 0 spiro atoms. The molecule has 3 rings (SSSR count). The monoisotopic (exact) mass is 393 g/mol. The number of hydrogen-bond acceptors (Lipinski definition) is 8. The Bertz CT molecular complexity index is 799. The van der Waals surface area contributed by atoms with Gasteiger partial charge < -0.3 is 9.47 Å². The van der Waals surface area contributed by atoms with Gasteiger partial charge in [-0.3, -0.25) is 4.90 Å². The molecule has 27 heavy (non-hydrogen) atoms. The maximum Gasteiger partial charge on any atom is 0.411 e. The Labute approximate surface area is 161 Å². The van der Waals surface area contributed by atoms with Crippen LogP contribution in [0.4, 0.5) is 4.79 Å². The minimum atomic E-state index is -0.731. The molecule has 0 aliphatic carbocycles. The van der Waals surface area contributed by atoms with Gasteiger partial charge in [0.05, 0.1) is 17.5 Å². The summed E-state index contributed by atoms with van der Waals surface area (Å²) in [7, 11) is 0. The minimum absolute atomic E-state index is 0.244. The highest BCUT2D eigenvalue weighted by molar-refractivity contribution is 7.13. The van der Waals surface area contributed by atoms with E-state index < -0.39 is 23.7 Å². The molecule has 0 saturated carbocycles. The van der Waals surface area contributed by atoms with E-state index in [4.69, 9.17) is 9.47 Å². The third kappa shape index (κ3) is 4.26. The molecule has 2 aromatic heterocycles. The molecule has 0 bridgehead atoms. The fraction of sp³-hybridized carbons (Fsp3) is 0.588. The van der Waals surface area contributed by atoms with Gasteiger partial charge >= 0.3 is 12.1 Å². The Morgan fingerprint density at radius 1 is 1.37 bits per heavy atom. The first-order valence-corrected chi connectivity index (χ1v) is 9.66. The smallest absolute Gasteiger partial charge is 0.411 e. The van der Waals surface area contributed by atoms with Crippen molar-refractivity contribution in [2.45, 2.75) is 51.8 Å². The van der Waals surface area contributed by atoms with Crippen LogP contribution in [0.2, 0.25) is 0 Å². The lowest BCUT2D eigenvalue weighted by atomic mass is 10.1. The van der Waals surface area contributed by atoms with Crippen LogP contribution >= 0.6 is 11.3 Å². The van der Waals surface area contributed by atoms with E-state index in [2.05, 4.69) is 15.5 Å². The maximum atomic E-state index is 12.6. The standard InChI is InChI=1S/C17H23N5O4S/c1-5-25-15(23)12-9-11(10-21(12)16(24)26-17(2,3)4)22-14(18-19-20-22)13-7-6-8-27-13/h6-8,11-12H,5,9-10H2,1-4H3/t11-,12+/m0/s1. The molecular formula is C17H23N5O4S. The number of ether oxygens (including phenoxy) is 2. The van der Waals surface area contributed by atoms with Gasteiger partial charge in [0.2, 0.25) is 0 Å². The number of rotatable bonds is 4. The van der Waals surface area contributed by atoms with Crippen molar-refractivity contribution in [1.82, 2.24) is 25.1 Å². The van der Waals surface area contributed by atoms with E-state index in [1.165, 1.54) is 16.2 Å². The van der Waals surface area contributed by atoms with Crippen molar-refractivity contribution in [1.29, 1.82) is 0 Å². The van der Waals surface area contributed by atoms with Crippen LogP contribution in [0.15, 0.2) is 17.5 Å². The van der Waals surface area contributed by atoms with Gasteiger partial charge in [-0.1, -0.05) is 6.07 Å². The maximum absolute atomic E-state index is 12.6. The van der Waals surface area contributed by atoms with Crippen LogP contribution < -0.4 is 0 Å². The summed E-state index contributed by atoms with van der Waals surface area (Å²) in [5.74, 6) is 0.167. The van der Waals surface area contributed by atoms with Crippen molar-refractivity contribution in [3.8, 4) is 10.7 Å². The zero-order valence-corrected chi connectivity index (χ0v) is 16.6. The first-order valence-electron chi connectivity index (χ1n) is 8.78. The molecule has 0 N–H and O–H groups in total. The van der Waals surface area contributed by atoms with E-state index in [1.807, 2.05) is 17.5 Å². The van der Waals surface area contributed by atoms with Crippen molar-refractivity contribution in [3.05, 3.63) is 17.5 Å². The molecule has 2 atom stereocenters. The summed E-state index contributed by atoms with van der Waals surface area (Å²) in [6.45, 7) is 7.60. The van der Waals surface area contributed by atoms with Gasteiger partial charge in [-0.05, 0) is 49.6 Å². The van der Waals surface area contributed by atoms with Gasteiger partial charge in [0.1, 0.15) is 11.6 Å². The number of esters is 1. The van der Waals surface area contributed by atoms with Crippen LogP contribution in [0.1, 0.15) is 40.2 Å². The average Bonchev–Trinajstić information content (AvgIpc) is 3.31. The Morgan fingerprint density at radius 3 is 2.78 bits per heavy atom. The average molecular weight is 393 g/mol. The molecule has 146 valence electrons. The first kappa shape index (κ1) is 19.3. The second kappa shape index (κ2) is 7.63. The Morgan fingerprint density at radius 2 is 2.15 bits per heavy atom. The normalized spacial score (nSPS) is 19.9. The van der Waals surface area contributed by atoms with Crippen LogP contribution in [-0.2, 0) is 14.3 Å². The van der Waals surface area contributed by atoms with Crippen LogP contribution in [0.5, 0.6) is 0 Å². The van der Waals surface area contributed by atoms with E-state index in [9.17, 15) is 9.59 Å². The number of tetrazole rings is 1. The lowest BCUT2D eigenvalue weighted by molar-refractivity contribution is -0.148. The highest BCUT2D eigenvalue weighted by Gasteiger charge is 2.44. The number of hydrogen-bond donors (Lipinski definition) is 0. The van der Waals surface area contributed by atoms with Gasteiger partial charge in [0.25, 0.3) is 0 Å². The Hall–Kier alpha value is -2.49. The molecule has 1 aliphatic rings. The minimum Gasteiger partial charge on any atom is -0.464 e. The molecule has 1 amide bonds. The molecule has 2 aromatic rings. The topological polar surface area (TPSA) is 99.4 Å². The van der Waals surface area contributed by atoms with Crippen LogP contribution in [0.3, 0.4) is 0 Å². The summed E-state index contributed by atoms with van der Waals surface area (Å²) in [6.07, 6.45) is -0.185. The third-order valence-corrected chi connectivity index (χ3v) is 4.91. The number of carbonyl (C=O) groups is 2. The van der Waals surface area contributed by atoms with Crippen molar-refractivity contribution < 1.29 is 19.1 Å². The lowest BCUT2D eigenvalue weighted by Crippen LogP contribution is -2.44. The van der Waals surface area contributed by atoms with Crippen LogP contribution in [0, 0.1) is 0 Å². The van der Waals surface area contributed by atoms with Crippen molar-refractivity contribution >= 4 is 23.4 Å². The van der Waals surface area contributed by atoms with Crippen molar-refractivity contribution in [2.24, 2.45) is 0 Å². The highest BCUT2D eigenvalue weighted by Crippen LogP contribution is 2.32. The van der Waals surface area contributed by atoms with Crippen molar-refractivity contribution in [3.63, 3.8) is 0 Å². The second-order valence-corrected chi connectivity index (χ2v) is 8.16. The van der Waals surface area contributed by atoms with Gasteiger partial charge in [-0.15, -0.1) is 16.4 Å². The molecular weight excluding hydrogens is 370 g/mol. The zero-order valence-electron chi connectivity index (χ0n) is 15.8. The molecule has 0 aromatic carbocycles. The summed E-state index contributed by atoms with van der Waals surface area (Å²) in [5.41, 5.74) is -0.661. The van der Waals surface area contributed by atoms with E-state index in [-0.39, 0.29) is 19.2 Å². The van der Waals surface area contributed by atoms with Crippen LogP contribution in [-0.4, -0.2) is 62.0 Å². The predicted molar refractivity (Wildman–Crippen MR) is 98.1 cm³/mol. The molecule has 9 nitrogen and oxygen atoms in total. The van der Waals surface area contributed by atoms with Gasteiger partial charge in [0.15, 0.2) is 5.82 Å². The van der Waals surface area contributed by atoms with Crippen LogP contribution in [0.25, 0.3) is 10.7 Å². The van der Waals surface area contributed by atoms with Gasteiger partial charge in [-0.2, -0.15) is 0 Å². The molecule has 1 saturated heterocycles. The fourth-order valence-corrected chi connectivity index (χ4v) is 3.68.